The molecule has 6 nitrogen and oxygen atoms in total. The third-order valence-corrected chi connectivity index (χ3v) is 4.87. The summed E-state index contributed by atoms with van der Waals surface area (Å²) >= 11 is 1.69. The standard InChI is InChI=1S/C14H23N5OS/c15-13(16-4-3-12-2-1-10-20-12)18-6-8-19(9-7-18)14-17-5-11-21-14/h5,11-12H,1-4,6-10H2,(H2,15,16)/t12-/m1/s1. The number of aromatic nitrogens is 1. The van der Waals surface area contributed by atoms with Gasteiger partial charge in [0.05, 0.1) is 6.10 Å². The van der Waals surface area contributed by atoms with E-state index in [0.29, 0.717) is 12.1 Å². The normalized spacial score (nSPS) is 23.8. The van der Waals surface area contributed by atoms with Gasteiger partial charge in [-0.25, -0.2) is 4.98 Å². The van der Waals surface area contributed by atoms with Gasteiger partial charge >= 0.3 is 0 Å². The Morgan fingerprint density at radius 1 is 1.43 bits per heavy atom. The number of rotatable bonds is 4. The fourth-order valence-corrected chi connectivity index (χ4v) is 3.49. The van der Waals surface area contributed by atoms with Gasteiger partial charge in [0, 0.05) is 50.9 Å². The van der Waals surface area contributed by atoms with Crippen molar-refractivity contribution in [2.45, 2.75) is 25.4 Å². The minimum absolute atomic E-state index is 0.392. The number of thiazole rings is 1. The fourth-order valence-electron chi connectivity index (χ4n) is 2.79. The van der Waals surface area contributed by atoms with Crippen molar-refractivity contribution in [2.75, 3.05) is 44.2 Å². The van der Waals surface area contributed by atoms with Gasteiger partial charge in [0.25, 0.3) is 0 Å². The maximum Gasteiger partial charge on any atom is 0.191 e. The van der Waals surface area contributed by atoms with E-state index in [1.807, 2.05) is 11.6 Å². The molecule has 2 aliphatic rings. The number of nitrogens with zero attached hydrogens (tertiary/aromatic N) is 4. The van der Waals surface area contributed by atoms with Gasteiger partial charge in [-0.1, -0.05) is 0 Å². The van der Waals surface area contributed by atoms with Crippen LogP contribution in [0.3, 0.4) is 0 Å². The van der Waals surface area contributed by atoms with E-state index in [9.17, 15) is 0 Å². The SMILES string of the molecule is NC(=NCC[C@H]1CCCO1)N1CCN(c2nccs2)CC1. The van der Waals surface area contributed by atoms with Gasteiger partial charge in [-0.05, 0) is 19.3 Å². The van der Waals surface area contributed by atoms with E-state index in [4.69, 9.17) is 10.5 Å². The van der Waals surface area contributed by atoms with Crippen molar-refractivity contribution < 1.29 is 4.74 Å². The number of anilines is 1. The molecule has 0 spiro atoms. The largest absolute Gasteiger partial charge is 0.378 e. The molecular formula is C14H23N5OS. The number of guanidine groups is 1. The zero-order valence-corrected chi connectivity index (χ0v) is 13.1. The first-order valence-electron chi connectivity index (χ1n) is 7.64. The van der Waals surface area contributed by atoms with Crippen molar-refractivity contribution in [3.05, 3.63) is 11.6 Å². The molecule has 1 aromatic rings. The molecule has 0 bridgehead atoms. The van der Waals surface area contributed by atoms with E-state index in [1.54, 1.807) is 11.3 Å². The predicted octanol–water partition coefficient (Wildman–Crippen LogP) is 1.15. The highest BCUT2D eigenvalue weighted by atomic mass is 32.1. The summed E-state index contributed by atoms with van der Waals surface area (Å²) in [5.74, 6) is 0.673. The van der Waals surface area contributed by atoms with E-state index in [1.165, 1.54) is 12.8 Å². The Hall–Kier alpha value is -1.34. The third kappa shape index (κ3) is 3.85. The number of aliphatic imine (C=N–C) groups is 1. The number of ether oxygens (including phenoxy) is 1. The molecular weight excluding hydrogens is 286 g/mol. The van der Waals surface area contributed by atoms with E-state index in [0.717, 1.165) is 50.9 Å². The summed E-state index contributed by atoms with van der Waals surface area (Å²) in [5.41, 5.74) is 6.10. The van der Waals surface area contributed by atoms with Crippen molar-refractivity contribution in [1.82, 2.24) is 9.88 Å². The van der Waals surface area contributed by atoms with E-state index < -0.39 is 0 Å². The van der Waals surface area contributed by atoms with Crippen LogP contribution in [0.4, 0.5) is 5.13 Å². The molecule has 21 heavy (non-hydrogen) atoms. The van der Waals surface area contributed by atoms with Crippen LogP contribution in [0.25, 0.3) is 0 Å². The molecule has 0 aliphatic carbocycles. The number of piperazine rings is 1. The maximum absolute atomic E-state index is 6.10. The van der Waals surface area contributed by atoms with Crippen molar-refractivity contribution in [3.8, 4) is 0 Å². The molecule has 0 unspecified atom stereocenters. The summed E-state index contributed by atoms with van der Waals surface area (Å²) < 4.78 is 5.60. The molecule has 1 atom stereocenters. The molecule has 116 valence electrons. The van der Waals surface area contributed by atoms with Crippen LogP contribution in [-0.4, -0.2) is 61.3 Å². The van der Waals surface area contributed by atoms with Gasteiger partial charge in [0.2, 0.25) is 0 Å². The lowest BCUT2D eigenvalue weighted by atomic mass is 10.2. The molecule has 1 aromatic heterocycles. The van der Waals surface area contributed by atoms with Crippen LogP contribution >= 0.6 is 11.3 Å². The number of hydrogen-bond donors (Lipinski definition) is 1. The number of hydrogen-bond acceptors (Lipinski definition) is 5. The summed E-state index contributed by atoms with van der Waals surface area (Å²) in [6.07, 6.45) is 5.58. The minimum Gasteiger partial charge on any atom is -0.378 e. The van der Waals surface area contributed by atoms with Gasteiger partial charge in [-0.15, -0.1) is 11.3 Å². The topological polar surface area (TPSA) is 67.0 Å². The molecule has 2 aliphatic heterocycles. The average Bonchev–Trinajstić information content (AvgIpc) is 3.21. The molecule has 0 saturated carbocycles. The molecule has 7 heteroatoms. The van der Waals surface area contributed by atoms with Crippen LogP contribution in [0, 0.1) is 0 Å². The van der Waals surface area contributed by atoms with Gasteiger partial charge in [0.15, 0.2) is 11.1 Å². The van der Waals surface area contributed by atoms with Crippen molar-refractivity contribution >= 4 is 22.4 Å². The van der Waals surface area contributed by atoms with Crippen molar-refractivity contribution in [3.63, 3.8) is 0 Å². The Balaban J connectivity index is 1.42. The molecule has 2 N–H and O–H groups in total. The Morgan fingerprint density at radius 2 is 2.29 bits per heavy atom. The average molecular weight is 309 g/mol. The van der Waals surface area contributed by atoms with Gasteiger partial charge in [-0.2, -0.15) is 0 Å². The Morgan fingerprint density at radius 3 is 2.95 bits per heavy atom. The number of nitrogens with two attached hydrogens (primary N) is 1. The highest BCUT2D eigenvalue weighted by Gasteiger charge is 2.20. The Kier molecular flexibility index (Phi) is 4.92. The van der Waals surface area contributed by atoms with Crippen LogP contribution in [0.1, 0.15) is 19.3 Å². The molecule has 0 amide bonds. The molecule has 0 radical (unpaired) electrons. The van der Waals surface area contributed by atoms with Gasteiger partial charge in [-0.3, -0.25) is 4.99 Å². The lowest BCUT2D eigenvalue weighted by Crippen LogP contribution is -2.51. The van der Waals surface area contributed by atoms with Crippen LogP contribution in [0.2, 0.25) is 0 Å². The summed E-state index contributed by atoms with van der Waals surface area (Å²) in [6.45, 7) is 5.40. The van der Waals surface area contributed by atoms with Gasteiger partial charge in [0.1, 0.15) is 0 Å². The minimum atomic E-state index is 0.392. The van der Waals surface area contributed by atoms with Crippen LogP contribution in [0.5, 0.6) is 0 Å². The van der Waals surface area contributed by atoms with Crippen molar-refractivity contribution in [2.24, 2.45) is 10.7 Å². The lowest BCUT2D eigenvalue weighted by Gasteiger charge is -2.35. The van der Waals surface area contributed by atoms with Crippen LogP contribution in [0.15, 0.2) is 16.6 Å². The first kappa shape index (κ1) is 14.6. The maximum atomic E-state index is 6.10. The zero-order valence-electron chi connectivity index (χ0n) is 12.3. The van der Waals surface area contributed by atoms with E-state index in [-0.39, 0.29) is 0 Å². The molecule has 3 rings (SSSR count). The Labute approximate surface area is 129 Å². The quantitative estimate of drug-likeness (QED) is 0.667. The first-order chi connectivity index (χ1) is 10.3. The van der Waals surface area contributed by atoms with Gasteiger partial charge < -0.3 is 20.3 Å². The van der Waals surface area contributed by atoms with E-state index in [2.05, 4.69) is 19.8 Å². The molecule has 0 aromatic carbocycles. The molecule has 2 saturated heterocycles. The molecule has 2 fully saturated rings. The summed E-state index contributed by atoms with van der Waals surface area (Å²) in [6, 6.07) is 0. The predicted molar refractivity (Wildman–Crippen MR) is 86.0 cm³/mol. The van der Waals surface area contributed by atoms with Crippen LogP contribution in [-0.2, 0) is 4.74 Å². The highest BCUT2D eigenvalue weighted by Crippen LogP contribution is 2.19. The summed E-state index contributed by atoms with van der Waals surface area (Å²) in [5, 5.41) is 3.12. The lowest BCUT2D eigenvalue weighted by molar-refractivity contribution is 0.106. The molecule has 3 heterocycles. The summed E-state index contributed by atoms with van der Waals surface area (Å²) in [7, 11) is 0. The van der Waals surface area contributed by atoms with Crippen molar-refractivity contribution in [1.29, 1.82) is 0 Å². The fraction of sp³-hybridized carbons (Fsp3) is 0.714. The second kappa shape index (κ2) is 7.09. The van der Waals surface area contributed by atoms with E-state index >= 15 is 0 Å². The third-order valence-electron chi connectivity index (χ3n) is 4.04. The zero-order chi connectivity index (χ0) is 14.5. The first-order valence-corrected chi connectivity index (χ1v) is 8.52. The Bertz CT molecular complexity index is 450. The second-order valence-electron chi connectivity index (χ2n) is 5.45. The van der Waals surface area contributed by atoms with Crippen LogP contribution < -0.4 is 10.6 Å². The monoisotopic (exact) mass is 309 g/mol. The smallest absolute Gasteiger partial charge is 0.191 e. The highest BCUT2D eigenvalue weighted by molar-refractivity contribution is 7.13. The summed E-state index contributed by atoms with van der Waals surface area (Å²) in [4.78, 5) is 13.3. The second-order valence-corrected chi connectivity index (χ2v) is 6.33.